The van der Waals surface area contributed by atoms with Crippen molar-refractivity contribution in [1.29, 1.82) is 0 Å². The number of oxime groups is 1. The second-order valence-electron chi connectivity index (χ2n) is 4.53. The number of fused-ring (bicyclic) bond motifs is 4. The number of hydrogen-bond acceptors (Lipinski definition) is 4. The van der Waals surface area contributed by atoms with E-state index in [0.717, 1.165) is 33.3 Å². The molecule has 1 aliphatic carbocycles. The maximum absolute atomic E-state index is 9.27. The molecule has 0 fully saturated rings. The summed E-state index contributed by atoms with van der Waals surface area (Å²) in [6, 6.07) is 11.7. The first kappa shape index (κ1) is 10.1. The molecule has 4 N–H and O–H groups in total. The van der Waals surface area contributed by atoms with Gasteiger partial charge in [0.25, 0.3) is 0 Å². The second-order valence-corrected chi connectivity index (χ2v) is 4.53. The van der Waals surface area contributed by atoms with Crippen LogP contribution in [0, 0.1) is 0 Å². The van der Waals surface area contributed by atoms with E-state index in [9.17, 15) is 5.21 Å². The summed E-state index contributed by atoms with van der Waals surface area (Å²) in [5.74, 6) is 0.384. The molecule has 0 spiro atoms. The van der Waals surface area contributed by atoms with Gasteiger partial charge in [-0.25, -0.2) is 4.98 Å². The Morgan fingerprint density at radius 2 is 1.84 bits per heavy atom. The quantitative estimate of drug-likeness (QED) is 0.330. The van der Waals surface area contributed by atoms with Crippen molar-refractivity contribution in [1.82, 2.24) is 9.97 Å². The molecule has 1 aromatic heterocycles. The number of H-pyrrole nitrogens is 1. The van der Waals surface area contributed by atoms with E-state index in [4.69, 9.17) is 5.73 Å². The van der Waals surface area contributed by atoms with Gasteiger partial charge in [0.15, 0.2) is 5.95 Å². The van der Waals surface area contributed by atoms with Gasteiger partial charge in [0.05, 0.1) is 11.0 Å². The molecule has 0 amide bonds. The second kappa shape index (κ2) is 3.35. The number of nitrogen functional groups attached to an aromatic ring is 1. The van der Waals surface area contributed by atoms with Gasteiger partial charge in [0.1, 0.15) is 5.71 Å². The fourth-order valence-corrected chi connectivity index (χ4v) is 2.67. The van der Waals surface area contributed by atoms with Crippen molar-refractivity contribution in [2.75, 3.05) is 5.73 Å². The van der Waals surface area contributed by atoms with Crippen LogP contribution in [-0.2, 0) is 0 Å². The van der Waals surface area contributed by atoms with Crippen LogP contribution in [0.5, 0.6) is 0 Å². The third-order valence-corrected chi connectivity index (χ3v) is 3.47. The predicted molar refractivity (Wildman–Crippen MR) is 73.4 cm³/mol. The van der Waals surface area contributed by atoms with E-state index in [2.05, 4.69) is 15.1 Å². The zero-order chi connectivity index (χ0) is 13.0. The average molecular weight is 250 g/mol. The first-order valence-corrected chi connectivity index (χ1v) is 5.89. The summed E-state index contributed by atoms with van der Waals surface area (Å²) in [7, 11) is 0. The van der Waals surface area contributed by atoms with Crippen LogP contribution in [0.1, 0.15) is 11.1 Å². The van der Waals surface area contributed by atoms with E-state index < -0.39 is 0 Å². The van der Waals surface area contributed by atoms with E-state index >= 15 is 0 Å². The van der Waals surface area contributed by atoms with Gasteiger partial charge in [-0.05, 0) is 23.3 Å². The van der Waals surface area contributed by atoms with Crippen LogP contribution in [0.15, 0.2) is 41.6 Å². The lowest BCUT2D eigenvalue weighted by Crippen LogP contribution is -1.97. The highest BCUT2D eigenvalue weighted by molar-refractivity contribution is 6.25. The maximum Gasteiger partial charge on any atom is 0.198 e. The van der Waals surface area contributed by atoms with Crippen LogP contribution in [0.3, 0.4) is 0 Å². The number of aromatic nitrogens is 2. The predicted octanol–water partition coefficient (Wildman–Crippen LogP) is 2.35. The number of aromatic amines is 1. The molecule has 0 unspecified atom stereocenters. The molecule has 0 radical (unpaired) electrons. The molecule has 4 rings (SSSR count). The lowest BCUT2D eigenvalue weighted by molar-refractivity contribution is 0.320. The summed E-state index contributed by atoms with van der Waals surface area (Å²) in [6.45, 7) is 0. The molecule has 0 saturated heterocycles. The highest BCUT2D eigenvalue weighted by Gasteiger charge is 2.26. The third kappa shape index (κ3) is 1.24. The first-order valence-electron chi connectivity index (χ1n) is 5.89. The number of rotatable bonds is 0. The molecule has 3 aromatic rings. The smallest absolute Gasteiger partial charge is 0.198 e. The minimum absolute atomic E-state index is 0.384. The Bertz CT molecular complexity index is 848. The maximum atomic E-state index is 9.27. The zero-order valence-electron chi connectivity index (χ0n) is 9.88. The zero-order valence-corrected chi connectivity index (χ0v) is 9.88. The molecule has 5 nitrogen and oxygen atoms in total. The van der Waals surface area contributed by atoms with Gasteiger partial charge in [-0.1, -0.05) is 29.4 Å². The summed E-state index contributed by atoms with van der Waals surface area (Å²) in [4.78, 5) is 7.22. The summed E-state index contributed by atoms with van der Waals surface area (Å²) >= 11 is 0. The Morgan fingerprint density at radius 3 is 2.63 bits per heavy atom. The number of nitrogens with one attached hydrogen (secondary N) is 1. The highest BCUT2D eigenvalue weighted by atomic mass is 16.4. The SMILES string of the molecule is Nc1nc2cc3c(cc2[nH]1)C(=NO)c1ccccc1-3. The molecule has 1 aliphatic rings. The first-order chi connectivity index (χ1) is 9.28. The number of imidazole rings is 1. The van der Waals surface area contributed by atoms with Crippen LogP contribution >= 0.6 is 0 Å². The normalized spacial score (nSPS) is 14.8. The lowest BCUT2D eigenvalue weighted by atomic mass is 10.1. The van der Waals surface area contributed by atoms with Crippen LogP contribution in [-0.4, -0.2) is 20.9 Å². The standard InChI is InChI=1S/C14H10N4O/c15-14-16-11-5-9-7-3-1-2-4-8(7)13(18-19)10(9)6-12(11)17-14/h1-6,19H,(H3,15,16,17). The molecule has 0 saturated carbocycles. The fraction of sp³-hybridized carbons (Fsp3) is 0. The van der Waals surface area contributed by atoms with E-state index in [1.54, 1.807) is 0 Å². The summed E-state index contributed by atoms with van der Waals surface area (Å²) in [6.07, 6.45) is 0. The van der Waals surface area contributed by atoms with E-state index in [1.807, 2.05) is 36.4 Å². The van der Waals surface area contributed by atoms with E-state index in [0.29, 0.717) is 11.7 Å². The monoisotopic (exact) mass is 250 g/mol. The Kier molecular flexibility index (Phi) is 1.79. The fourth-order valence-electron chi connectivity index (χ4n) is 2.67. The largest absolute Gasteiger partial charge is 0.410 e. The minimum atomic E-state index is 0.384. The summed E-state index contributed by atoms with van der Waals surface area (Å²) < 4.78 is 0. The summed E-state index contributed by atoms with van der Waals surface area (Å²) in [5, 5.41) is 12.7. The number of hydrogen-bond donors (Lipinski definition) is 3. The molecule has 0 bridgehead atoms. The number of nitrogens with two attached hydrogens (primary N) is 1. The van der Waals surface area contributed by atoms with Gasteiger partial charge in [-0.3, -0.25) is 0 Å². The topological polar surface area (TPSA) is 87.3 Å². The lowest BCUT2D eigenvalue weighted by Gasteiger charge is -1.99. The molecular formula is C14H10N4O. The van der Waals surface area contributed by atoms with Crippen molar-refractivity contribution in [3.05, 3.63) is 47.5 Å². The molecular weight excluding hydrogens is 240 g/mol. The number of nitrogens with zero attached hydrogens (tertiary/aromatic N) is 2. The Morgan fingerprint density at radius 1 is 1.05 bits per heavy atom. The third-order valence-electron chi connectivity index (χ3n) is 3.47. The van der Waals surface area contributed by atoms with Gasteiger partial charge >= 0.3 is 0 Å². The Balaban J connectivity index is 2.13. The molecule has 5 heteroatoms. The molecule has 92 valence electrons. The van der Waals surface area contributed by atoms with Crippen molar-refractivity contribution in [2.45, 2.75) is 0 Å². The molecule has 0 aliphatic heterocycles. The van der Waals surface area contributed by atoms with E-state index in [-0.39, 0.29) is 0 Å². The van der Waals surface area contributed by atoms with Crippen molar-refractivity contribution < 1.29 is 5.21 Å². The van der Waals surface area contributed by atoms with Crippen molar-refractivity contribution in [3.8, 4) is 11.1 Å². The van der Waals surface area contributed by atoms with Gasteiger partial charge < -0.3 is 15.9 Å². The Hall–Kier alpha value is -2.82. The van der Waals surface area contributed by atoms with Gasteiger partial charge in [0.2, 0.25) is 0 Å². The van der Waals surface area contributed by atoms with Crippen molar-refractivity contribution >= 4 is 22.7 Å². The highest BCUT2D eigenvalue weighted by Crippen LogP contribution is 2.38. The minimum Gasteiger partial charge on any atom is -0.410 e. The van der Waals surface area contributed by atoms with Crippen molar-refractivity contribution in [2.24, 2.45) is 5.16 Å². The van der Waals surface area contributed by atoms with E-state index in [1.165, 1.54) is 0 Å². The molecule has 2 aromatic carbocycles. The average Bonchev–Trinajstić information content (AvgIpc) is 2.92. The summed E-state index contributed by atoms with van der Waals surface area (Å²) in [5.41, 5.74) is 11.8. The molecule has 1 heterocycles. The van der Waals surface area contributed by atoms with Crippen LogP contribution in [0.2, 0.25) is 0 Å². The van der Waals surface area contributed by atoms with Gasteiger partial charge in [-0.2, -0.15) is 0 Å². The molecule has 19 heavy (non-hydrogen) atoms. The van der Waals surface area contributed by atoms with Crippen molar-refractivity contribution in [3.63, 3.8) is 0 Å². The van der Waals surface area contributed by atoms with Crippen LogP contribution in [0.25, 0.3) is 22.2 Å². The number of benzene rings is 2. The van der Waals surface area contributed by atoms with Crippen LogP contribution in [0.4, 0.5) is 5.95 Å². The number of anilines is 1. The van der Waals surface area contributed by atoms with Gasteiger partial charge in [-0.15, -0.1) is 0 Å². The van der Waals surface area contributed by atoms with Gasteiger partial charge in [0, 0.05) is 11.1 Å². The Labute approximate surface area is 108 Å². The molecule has 0 atom stereocenters. The van der Waals surface area contributed by atoms with Crippen LogP contribution < -0.4 is 5.73 Å².